The van der Waals surface area contributed by atoms with Crippen molar-refractivity contribution in [1.29, 1.82) is 0 Å². The van der Waals surface area contributed by atoms with Gasteiger partial charge in [-0.15, -0.1) is 6.58 Å². The van der Waals surface area contributed by atoms with Crippen LogP contribution in [0.5, 0.6) is 11.5 Å². The first-order valence-electron chi connectivity index (χ1n) is 8.06. The Morgan fingerprint density at radius 2 is 1.81 bits per heavy atom. The minimum atomic E-state index is -3.89. The average molecular weight is 390 g/mol. The number of nitrogens with one attached hydrogen (secondary N) is 1. The fourth-order valence-electron chi connectivity index (χ4n) is 2.47. The van der Waals surface area contributed by atoms with E-state index in [1.165, 1.54) is 55.8 Å². The molecule has 0 radical (unpaired) electrons. The number of ether oxygens (including phenoxy) is 2. The number of rotatable bonds is 8. The maximum Gasteiger partial charge on any atom is 0.264 e. The van der Waals surface area contributed by atoms with Gasteiger partial charge >= 0.3 is 0 Å². The van der Waals surface area contributed by atoms with Crippen molar-refractivity contribution in [2.24, 2.45) is 0 Å². The zero-order chi connectivity index (χ0) is 20.0. The highest BCUT2D eigenvalue weighted by molar-refractivity contribution is 7.92. The van der Waals surface area contributed by atoms with E-state index in [4.69, 9.17) is 9.47 Å². The van der Waals surface area contributed by atoms with Gasteiger partial charge in [0.1, 0.15) is 11.5 Å². The van der Waals surface area contributed by atoms with Crippen molar-refractivity contribution in [1.82, 2.24) is 0 Å². The first kappa shape index (κ1) is 20.3. The van der Waals surface area contributed by atoms with Gasteiger partial charge in [0.2, 0.25) is 5.91 Å². The third kappa shape index (κ3) is 4.59. The van der Waals surface area contributed by atoms with Gasteiger partial charge in [-0.2, -0.15) is 0 Å². The van der Waals surface area contributed by atoms with Crippen LogP contribution >= 0.6 is 0 Å². The molecule has 2 rings (SSSR count). The number of anilines is 2. The topological polar surface area (TPSA) is 84.9 Å². The van der Waals surface area contributed by atoms with Crippen LogP contribution in [0.2, 0.25) is 0 Å². The van der Waals surface area contributed by atoms with Gasteiger partial charge in [-0.25, -0.2) is 8.42 Å². The Morgan fingerprint density at radius 3 is 2.33 bits per heavy atom. The number of nitrogens with zero attached hydrogens (tertiary/aromatic N) is 1. The second-order valence-corrected chi connectivity index (χ2v) is 7.43. The average Bonchev–Trinajstić information content (AvgIpc) is 2.65. The molecule has 0 bridgehead atoms. The predicted molar refractivity (Wildman–Crippen MR) is 105 cm³/mol. The SMILES string of the molecule is C=CCN(c1ccc(OC)cc1OC)S(=O)(=O)c1ccc(NC(C)=O)cc1. The van der Waals surface area contributed by atoms with Gasteiger partial charge in [0, 0.05) is 18.7 Å². The number of sulfonamides is 1. The van der Waals surface area contributed by atoms with E-state index >= 15 is 0 Å². The van der Waals surface area contributed by atoms with Crippen molar-refractivity contribution in [2.45, 2.75) is 11.8 Å². The highest BCUT2D eigenvalue weighted by Crippen LogP contribution is 2.35. The molecule has 0 aliphatic heterocycles. The number of carbonyl (C=O) groups excluding carboxylic acids is 1. The fraction of sp³-hybridized carbons (Fsp3) is 0.211. The lowest BCUT2D eigenvalue weighted by Gasteiger charge is -2.25. The third-order valence-electron chi connectivity index (χ3n) is 3.71. The van der Waals surface area contributed by atoms with Crippen LogP contribution in [0.1, 0.15) is 6.92 Å². The monoisotopic (exact) mass is 390 g/mol. The van der Waals surface area contributed by atoms with Gasteiger partial charge in [0.15, 0.2) is 0 Å². The van der Waals surface area contributed by atoms with Gasteiger partial charge in [-0.3, -0.25) is 9.10 Å². The minimum Gasteiger partial charge on any atom is -0.497 e. The van der Waals surface area contributed by atoms with E-state index in [2.05, 4.69) is 11.9 Å². The van der Waals surface area contributed by atoms with Crippen LogP contribution in [-0.2, 0) is 14.8 Å². The van der Waals surface area contributed by atoms with E-state index in [1.54, 1.807) is 18.2 Å². The summed E-state index contributed by atoms with van der Waals surface area (Å²) in [6.45, 7) is 5.09. The van der Waals surface area contributed by atoms with Crippen LogP contribution in [0.15, 0.2) is 60.0 Å². The molecule has 144 valence electrons. The van der Waals surface area contributed by atoms with Crippen molar-refractivity contribution in [3.8, 4) is 11.5 Å². The van der Waals surface area contributed by atoms with E-state index in [0.29, 0.717) is 22.9 Å². The molecule has 0 heterocycles. The second-order valence-electron chi connectivity index (χ2n) is 5.57. The molecule has 1 amide bonds. The third-order valence-corrected chi connectivity index (χ3v) is 5.51. The lowest BCUT2D eigenvalue weighted by Crippen LogP contribution is -2.31. The van der Waals surface area contributed by atoms with E-state index < -0.39 is 10.0 Å². The molecule has 0 unspecified atom stereocenters. The normalized spacial score (nSPS) is 10.8. The standard InChI is InChI=1S/C19H22N2O5S/c1-5-12-21(18-11-8-16(25-3)13-19(18)26-4)27(23,24)17-9-6-15(7-10-17)20-14(2)22/h5-11,13H,1,12H2,2-4H3,(H,20,22). The molecule has 0 saturated heterocycles. The maximum absolute atomic E-state index is 13.2. The van der Waals surface area contributed by atoms with Gasteiger partial charge < -0.3 is 14.8 Å². The molecule has 0 spiro atoms. The Balaban J connectivity index is 2.48. The molecule has 0 atom stereocenters. The smallest absolute Gasteiger partial charge is 0.264 e. The number of hydrogen-bond donors (Lipinski definition) is 1. The van der Waals surface area contributed by atoms with Crippen LogP contribution in [0.25, 0.3) is 0 Å². The predicted octanol–water partition coefficient (Wildman–Crippen LogP) is 3.04. The molecule has 1 N–H and O–H groups in total. The molecular formula is C19H22N2O5S. The zero-order valence-corrected chi connectivity index (χ0v) is 16.2. The summed E-state index contributed by atoms with van der Waals surface area (Å²) in [5.74, 6) is 0.669. The summed E-state index contributed by atoms with van der Waals surface area (Å²) in [6.07, 6.45) is 1.49. The first-order valence-corrected chi connectivity index (χ1v) is 9.50. The lowest BCUT2D eigenvalue weighted by atomic mass is 10.2. The number of hydrogen-bond acceptors (Lipinski definition) is 5. The molecule has 0 aliphatic carbocycles. The second kappa shape index (κ2) is 8.59. The van der Waals surface area contributed by atoms with Crippen molar-refractivity contribution in [2.75, 3.05) is 30.4 Å². The lowest BCUT2D eigenvalue weighted by molar-refractivity contribution is -0.114. The van der Waals surface area contributed by atoms with Crippen molar-refractivity contribution in [3.05, 3.63) is 55.1 Å². The van der Waals surface area contributed by atoms with Crippen LogP contribution in [-0.4, -0.2) is 35.1 Å². The summed E-state index contributed by atoms with van der Waals surface area (Å²) >= 11 is 0. The molecule has 0 aromatic heterocycles. The Morgan fingerprint density at radius 1 is 1.15 bits per heavy atom. The molecule has 27 heavy (non-hydrogen) atoms. The number of carbonyl (C=O) groups is 1. The zero-order valence-electron chi connectivity index (χ0n) is 15.4. The molecule has 7 nitrogen and oxygen atoms in total. The number of benzene rings is 2. The van der Waals surface area contributed by atoms with E-state index in [9.17, 15) is 13.2 Å². The van der Waals surface area contributed by atoms with E-state index in [1.807, 2.05) is 0 Å². The Hall–Kier alpha value is -3.00. The first-order chi connectivity index (χ1) is 12.8. The summed E-state index contributed by atoms with van der Waals surface area (Å²) in [7, 11) is -0.910. The molecule has 0 saturated carbocycles. The maximum atomic E-state index is 13.2. The molecular weight excluding hydrogens is 368 g/mol. The van der Waals surface area contributed by atoms with E-state index in [0.717, 1.165) is 0 Å². The van der Waals surface area contributed by atoms with Gasteiger partial charge in [-0.1, -0.05) is 6.08 Å². The van der Waals surface area contributed by atoms with Crippen LogP contribution < -0.4 is 19.1 Å². The largest absolute Gasteiger partial charge is 0.497 e. The van der Waals surface area contributed by atoms with Crippen molar-refractivity contribution in [3.63, 3.8) is 0 Å². The van der Waals surface area contributed by atoms with Gasteiger partial charge in [0.05, 0.1) is 31.3 Å². The quantitative estimate of drug-likeness (QED) is 0.701. The number of amides is 1. The Bertz CT molecular complexity index is 924. The molecule has 8 heteroatoms. The van der Waals surface area contributed by atoms with Crippen LogP contribution in [0.4, 0.5) is 11.4 Å². The molecule has 2 aromatic rings. The van der Waals surface area contributed by atoms with Gasteiger partial charge in [-0.05, 0) is 36.4 Å². The highest BCUT2D eigenvalue weighted by Gasteiger charge is 2.26. The highest BCUT2D eigenvalue weighted by atomic mass is 32.2. The summed E-state index contributed by atoms with van der Waals surface area (Å²) < 4.78 is 38.1. The summed E-state index contributed by atoms with van der Waals surface area (Å²) in [5, 5.41) is 2.60. The summed E-state index contributed by atoms with van der Waals surface area (Å²) in [4.78, 5) is 11.2. The molecule has 2 aromatic carbocycles. The fourth-order valence-corrected chi connectivity index (χ4v) is 3.92. The number of methoxy groups -OCH3 is 2. The minimum absolute atomic E-state index is 0.0540. The summed E-state index contributed by atoms with van der Waals surface area (Å²) in [6, 6.07) is 10.8. The van der Waals surface area contributed by atoms with Gasteiger partial charge in [0.25, 0.3) is 10.0 Å². The summed E-state index contributed by atoms with van der Waals surface area (Å²) in [5.41, 5.74) is 0.878. The van der Waals surface area contributed by atoms with E-state index in [-0.39, 0.29) is 17.3 Å². The van der Waals surface area contributed by atoms with Crippen molar-refractivity contribution < 1.29 is 22.7 Å². The van der Waals surface area contributed by atoms with Crippen LogP contribution in [0.3, 0.4) is 0 Å². The van der Waals surface area contributed by atoms with Crippen molar-refractivity contribution >= 4 is 27.3 Å². The Kier molecular flexibility index (Phi) is 6.46. The van der Waals surface area contributed by atoms with Crippen LogP contribution in [0, 0.1) is 0 Å². The Labute approximate surface area is 159 Å². The molecule has 0 fully saturated rings. The molecule has 0 aliphatic rings.